The van der Waals surface area contributed by atoms with E-state index in [1.54, 1.807) is 17.0 Å². The smallest absolute Gasteiger partial charge is 0.293 e. The molecule has 38 heavy (non-hydrogen) atoms. The fourth-order valence-corrected chi connectivity index (χ4v) is 6.44. The van der Waals surface area contributed by atoms with Crippen LogP contribution in [-0.4, -0.2) is 73.2 Å². The van der Waals surface area contributed by atoms with Gasteiger partial charge in [0.1, 0.15) is 5.69 Å². The molecule has 1 aromatic heterocycles. The lowest BCUT2D eigenvalue weighted by molar-refractivity contribution is -0.384. The summed E-state index contributed by atoms with van der Waals surface area (Å²) in [5, 5.41) is 12.7. The number of piperidine rings is 1. The first-order valence-electron chi connectivity index (χ1n) is 13.4. The van der Waals surface area contributed by atoms with E-state index in [9.17, 15) is 14.9 Å². The number of rotatable bonds is 8. The van der Waals surface area contributed by atoms with Gasteiger partial charge in [-0.05, 0) is 68.9 Å². The van der Waals surface area contributed by atoms with Gasteiger partial charge in [0.05, 0.1) is 28.4 Å². The maximum absolute atomic E-state index is 13.9. The first-order valence-corrected chi connectivity index (χ1v) is 14.3. The minimum absolute atomic E-state index is 0.0122. The van der Waals surface area contributed by atoms with Crippen LogP contribution in [0.4, 0.5) is 16.5 Å². The van der Waals surface area contributed by atoms with Crippen molar-refractivity contribution in [2.45, 2.75) is 39.5 Å². The maximum Gasteiger partial charge on any atom is 0.293 e. The van der Waals surface area contributed by atoms with Crippen LogP contribution in [0.3, 0.4) is 0 Å². The van der Waals surface area contributed by atoms with Gasteiger partial charge >= 0.3 is 0 Å². The molecule has 5 rings (SSSR count). The molecule has 10 heteroatoms. The second-order valence-corrected chi connectivity index (χ2v) is 11.2. The van der Waals surface area contributed by atoms with E-state index in [2.05, 4.69) is 22.8 Å². The number of benzene rings is 2. The fraction of sp³-hybridized carbons (Fsp3) is 0.500. The molecule has 1 amide bonds. The van der Waals surface area contributed by atoms with Gasteiger partial charge in [-0.1, -0.05) is 17.4 Å². The number of carbonyl (C=O) groups is 1. The van der Waals surface area contributed by atoms with Crippen LogP contribution in [-0.2, 0) is 4.74 Å². The highest BCUT2D eigenvalue weighted by Gasteiger charge is 2.27. The molecule has 0 radical (unpaired) electrons. The number of fused-ring (bicyclic) bond motifs is 1. The highest BCUT2D eigenvalue weighted by Crippen LogP contribution is 2.35. The number of morpholine rings is 1. The lowest BCUT2D eigenvalue weighted by Gasteiger charge is -2.29. The van der Waals surface area contributed by atoms with Crippen LogP contribution in [0.15, 0.2) is 30.3 Å². The van der Waals surface area contributed by atoms with Crippen molar-refractivity contribution >= 4 is 44.0 Å². The third-order valence-corrected chi connectivity index (χ3v) is 8.59. The molecule has 0 bridgehead atoms. The molecule has 2 aliphatic rings. The molecular formula is C28H35N5O4S. The van der Waals surface area contributed by atoms with Crippen molar-refractivity contribution in [3.05, 3.63) is 57.1 Å². The number of carbonyl (C=O) groups excluding carboxylic acids is 1. The van der Waals surface area contributed by atoms with E-state index >= 15 is 0 Å². The number of anilines is 2. The Morgan fingerprint density at radius 1 is 1.11 bits per heavy atom. The Morgan fingerprint density at radius 3 is 2.61 bits per heavy atom. The van der Waals surface area contributed by atoms with Crippen LogP contribution in [0.25, 0.3) is 10.2 Å². The highest BCUT2D eigenvalue weighted by atomic mass is 32.1. The normalized spacial score (nSPS) is 16.6. The van der Waals surface area contributed by atoms with Crippen LogP contribution in [0.2, 0.25) is 0 Å². The molecule has 2 aliphatic heterocycles. The van der Waals surface area contributed by atoms with Crippen molar-refractivity contribution in [1.82, 2.24) is 9.88 Å². The van der Waals surface area contributed by atoms with Crippen LogP contribution >= 0.6 is 11.3 Å². The molecule has 2 fully saturated rings. The summed E-state index contributed by atoms with van der Waals surface area (Å²) in [5.41, 5.74) is 4.03. The third kappa shape index (κ3) is 5.82. The summed E-state index contributed by atoms with van der Waals surface area (Å²) in [7, 11) is 0. The average Bonchev–Trinajstić information content (AvgIpc) is 3.35. The molecule has 0 unspecified atom stereocenters. The summed E-state index contributed by atoms with van der Waals surface area (Å²) in [5.74, 6) is -0.256. The van der Waals surface area contributed by atoms with Gasteiger partial charge in [0.2, 0.25) is 0 Å². The Morgan fingerprint density at radius 2 is 1.87 bits per heavy atom. The van der Waals surface area contributed by atoms with Crippen molar-refractivity contribution in [3.63, 3.8) is 0 Å². The number of amides is 1. The van der Waals surface area contributed by atoms with Gasteiger partial charge < -0.3 is 9.64 Å². The largest absolute Gasteiger partial charge is 0.379 e. The Kier molecular flexibility index (Phi) is 8.21. The van der Waals surface area contributed by atoms with E-state index in [1.165, 1.54) is 17.4 Å². The minimum Gasteiger partial charge on any atom is -0.379 e. The molecule has 0 spiro atoms. The van der Waals surface area contributed by atoms with Crippen LogP contribution in [0.5, 0.6) is 0 Å². The van der Waals surface area contributed by atoms with Gasteiger partial charge in [0.25, 0.3) is 11.6 Å². The SMILES string of the molecule is Cc1cc(C)c2sc(N(CCCN3CCOCC3)C(=O)c3ccc(N4CCCCC4)c([N+](=O)[O-])c3)nc2c1. The van der Waals surface area contributed by atoms with E-state index in [0.29, 0.717) is 22.9 Å². The fourth-order valence-electron chi connectivity index (χ4n) is 5.40. The van der Waals surface area contributed by atoms with Crippen molar-refractivity contribution in [3.8, 4) is 0 Å². The molecule has 0 saturated carbocycles. The predicted octanol–water partition coefficient (Wildman–Crippen LogP) is 5.18. The second-order valence-electron chi connectivity index (χ2n) is 10.2. The van der Waals surface area contributed by atoms with Gasteiger partial charge in [-0.15, -0.1) is 0 Å². The Balaban J connectivity index is 1.45. The first kappa shape index (κ1) is 26.5. The predicted molar refractivity (Wildman–Crippen MR) is 152 cm³/mol. The molecule has 202 valence electrons. The molecule has 0 N–H and O–H groups in total. The van der Waals surface area contributed by atoms with E-state index < -0.39 is 0 Å². The van der Waals surface area contributed by atoms with Gasteiger partial charge in [0, 0.05) is 50.9 Å². The molecule has 2 aromatic carbocycles. The number of aromatic nitrogens is 1. The number of thiazole rings is 1. The van der Waals surface area contributed by atoms with Crippen LogP contribution < -0.4 is 9.80 Å². The monoisotopic (exact) mass is 537 g/mol. The van der Waals surface area contributed by atoms with Crippen molar-refractivity contribution in [1.29, 1.82) is 0 Å². The maximum atomic E-state index is 13.9. The number of hydrogen-bond acceptors (Lipinski definition) is 8. The zero-order valence-electron chi connectivity index (χ0n) is 22.1. The third-order valence-electron chi connectivity index (χ3n) is 7.36. The minimum atomic E-state index is -0.368. The topological polar surface area (TPSA) is 92.0 Å². The Bertz CT molecular complexity index is 1310. The summed E-state index contributed by atoms with van der Waals surface area (Å²) in [6.07, 6.45) is 3.95. The second kappa shape index (κ2) is 11.8. The van der Waals surface area contributed by atoms with Crippen LogP contribution in [0, 0.1) is 24.0 Å². The number of nitro benzene ring substituents is 1. The molecule has 9 nitrogen and oxygen atoms in total. The van der Waals surface area contributed by atoms with E-state index in [1.807, 2.05) is 13.0 Å². The number of nitrogens with zero attached hydrogens (tertiary/aromatic N) is 5. The quantitative estimate of drug-likeness (QED) is 0.289. The standard InChI is InChI=1S/C28H35N5O4S/c1-20-17-21(2)26-23(18-20)29-28(38-26)32(12-6-9-30-13-15-37-16-14-30)27(34)22-7-8-24(25(19-22)33(35)36)31-10-4-3-5-11-31/h7-8,17-19H,3-6,9-16H2,1-2H3. The van der Waals surface area contributed by atoms with Gasteiger partial charge in [-0.25, -0.2) is 4.98 Å². The van der Waals surface area contributed by atoms with Crippen molar-refractivity contribution in [2.75, 3.05) is 62.3 Å². The molecule has 0 aliphatic carbocycles. The average molecular weight is 538 g/mol. The van der Waals surface area contributed by atoms with Gasteiger partial charge in [-0.2, -0.15) is 0 Å². The number of nitro groups is 1. The number of aryl methyl sites for hydroxylation is 2. The summed E-state index contributed by atoms with van der Waals surface area (Å²) in [6, 6.07) is 9.09. The van der Waals surface area contributed by atoms with E-state index in [-0.39, 0.29) is 16.5 Å². The van der Waals surface area contributed by atoms with Gasteiger partial charge in [0.15, 0.2) is 5.13 Å². The van der Waals surface area contributed by atoms with Crippen molar-refractivity contribution in [2.24, 2.45) is 0 Å². The molecular weight excluding hydrogens is 502 g/mol. The highest BCUT2D eigenvalue weighted by molar-refractivity contribution is 7.22. The summed E-state index contributed by atoms with van der Waals surface area (Å²) < 4.78 is 6.52. The first-order chi connectivity index (χ1) is 18.4. The molecule has 0 atom stereocenters. The Hall–Kier alpha value is -3.08. The lowest BCUT2D eigenvalue weighted by atomic mass is 10.1. The summed E-state index contributed by atoms with van der Waals surface area (Å²) in [6.45, 7) is 10.3. The number of hydrogen-bond donors (Lipinski definition) is 0. The van der Waals surface area contributed by atoms with Gasteiger partial charge in [-0.3, -0.25) is 24.7 Å². The zero-order valence-corrected chi connectivity index (χ0v) is 23.0. The molecule has 3 aromatic rings. The van der Waals surface area contributed by atoms with E-state index in [4.69, 9.17) is 9.72 Å². The number of ether oxygens (including phenoxy) is 1. The Labute approximate surface area is 227 Å². The van der Waals surface area contributed by atoms with E-state index in [0.717, 1.165) is 93.0 Å². The molecule has 3 heterocycles. The lowest BCUT2D eigenvalue weighted by Crippen LogP contribution is -2.39. The van der Waals surface area contributed by atoms with Crippen molar-refractivity contribution < 1.29 is 14.5 Å². The molecule has 2 saturated heterocycles. The summed E-state index contributed by atoms with van der Waals surface area (Å²) >= 11 is 1.50. The summed E-state index contributed by atoms with van der Waals surface area (Å²) in [4.78, 5) is 36.6. The zero-order chi connectivity index (χ0) is 26.6. The van der Waals surface area contributed by atoms with Crippen LogP contribution in [0.1, 0.15) is 47.2 Å².